The first-order valence-corrected chi connectivity index (χ1v) is 11.1. The number of amides is 2. The van der Waals surface area contributed by atoms with Crippen LogP contribution in [-0.4, -0.2) is 37.0 Å². The molecule has 0 radical (unpaired) electrons. The number of hydrogen-bond donors (Lipinski definition) is 1. The molecule has 0 aliphatic carbocycles. The Morgan fingerprint density at radius 2 is 1.94 bits per heavy atom. The van der Waals surface area contributed by atoms with E-state index in [1.807, 2.05) is 31.2 Å². The van der Waals surface area contributed by atoms with E-state index in [1.54, 1.807) is 23.3 Å². The van der Waals surface area contributed by atoms with Gasteiger partial charge in [0.15, 0.2) is 0 Å². The number of carbonyl (C=O) groups excluding carboxylic acids is 2. The van der Waals surface area contributed by atoms with Gasteiger partial charge in [0.25, 0.3) is 0 Å². The fraction of sp³-hybridized carbons (Fsp3) is 0.292. The van der Waals surface area contributed by atoms with E-state index in [1.165, 1.54) is 0 Å². The summed E-state index contributed by atoms with van der Waals surface area (Å²) in [6, 6.07) is 15.6. The van der Waals surface area contributed by atoms with Gasteiger partial charge in [0.2, 0.25) is 11.8 Å². The zero-order valence-electron chi connectivity index (χ0n) is 17.6. The largest absolute Gasteiger partial charge is 0.497 e. The molecular weight excluding hydrogens is 410 g/mol. The van der Waals surface area contributed by atoms with Crippen LogP contribution in [0, 0.1) is 12.8 Å². The summed E-state index contributed by atoms with van der Waals surface area (Å²) >= 11 is 1.64. The Bertz CT molecular complexity index is 1060. The second kappa shape index (κ2) is 9.31. The molecule has 160 valence electrons. The molecule has 0 saturated carbocycles. The van der Waals surface area contributed by atoms with Gasteiger partial charge in [-0.15, -0.1) is 11.3 Å². The van der Waals surface area contributed by atoms with Crippen molar-refractivity contribution >= 4 is 28.8 Å². The molecule has 0 spiro atoms. The van der Waals surface area contributed by atoms with Gasteiger partial charge in [-0.3, -0.25) is 9.59 Å². The average Bonchev–Trinajstić information content (AvgIpc) is 3.40. The van der Waals surface area contributed by atoms with Crippen molar-refractivity contribution in [3.05, 3.63) is 64.5 Å². The van der Waals surface area contributed by atoms with Gasteiger partial charge in [-0.25, -0.2) is 4.98 Å². The first-order chi connectivity index (χ1) is 15.0. The fourth-order valence-corrected chi connectivity index (χ4v) is 4.33. The predicted octanol–water partition coefficient (Wildman–Crippen LogP) is 3.84. The van der Waals surface area contributed by atoms with Crippen LogP contribution in [0.2, 0.25) is 0 Å². The van der Waals surface area contributed by atoms with Crippen LogP contribution in [0.5, 0.6) is 5.75 Å². The van der Waals surface area contributed by atoms with Crippen LogP contribution in [0.4, 0.5) is 5.69 Å². The maximum absolute atomic E-state index is 12.6. The summed E-state index contributed by atoms with van der Waals surface area (Å²) in [5.74, 6) is 0.307. The van der Waals surface area contributed by atoms with Crippen LogP contribution in [0.3, 0.4) is 0 Å². The van der Waals surface area contributed by atoms with Gasteiger partial charge in [0.1, 0.15) is 5.75 Å². The Hall–Kier alpha value is -3.19. The lowest BCUT2D eigenvalue weighted by atomic mass is 10.1. The molecule has 1 saturated heterocycles. The number of aryl methyl sites for hydroxylation is 1. The summed E-state index contributed by atoms with van der Waals surface area (Å²) < 4.78 is 5.16. The van der Waals surface area contributed by atoms with Gasteiger partial charge in [0, 0.05) is 36.1 Å². The van der Waals surface area contributed by atoms with E-state index in [-0.39, 0.29) is 24.2 Å². The van der Waals surface area contributed by atoms with Crippen LogP contribution in [0.15, 0.2) is 53.9 Å². The van der Waals surface area contributed by atoms with E-state index in [9.17, 15) is 9.59 Å². The molecule has 1 unspecified atom stereocenters. The Morgan fingerprint density at radius 1 is 1.19 bits per heavy atom. The number of aromatic nitrogens is 1. The van der Waals surface area contributed by atoms with Gasteiger partial charge in [-0.05, 0) is 43.2 Å². The third kappa shape index (κ3) is 4.94. The molecule has 6 nitrogen and oxygen atoms in total. The topological polar surface area (TPSA) is 71.5 Å². The van der Waals surface area contributed by atoms with E-state index in [4.69, 9.17) is 4.74 Å². The molecule has 1 aliphatic rings. The molecule has 1 aliphatic heterocycles. The number of methoxy groups -OCH3 is 1. The molecule has 4 rings (SSSR count). The van der Waals surface area contributed by atoms with E-state index in [0.717, 1.165) is 39.7 Å². The van der Waals surface area contributed by atoms with E-state index in [2.05, 4.69) is 39.9 Å². The zero-order valence-corrected chi connectivity index (χ0v) is 18.4. The summed E-state index contributed by atoms with van der Waals surface area (Å²) in [4.78, 5) is 31.2. The van der Waals surface area contributed by atoms with Crippen molar-refractivity contribution in [3.8, 4) is 17.0 Å². The highest BCUT2D eigenvalue weighted by molar-refractivity contribution is 7.09. The normalized spacial score (nSPS) is 15.9. The lowest BCUT2D eigenvalue weighted by Gasteiger charge is -2.17. The van der Waals surface area contributed by atoms with E-state index in [0.29, 0.717) is 13.1 Å². The minimum Gasteiger partial charge on any atom is -0.497 e. The van der Waals surface area contributed by atoms with Gasteiger partial charge < -0.3 is 15.0 Å². The van der Waals surface area contributed by atoms with Crippen LogP contribution in [0.1, 0.15) is 17.0 Å². The molecule has 1 fully saturated rings. The van der Waals surface area contributed by atoms with Crippen molar-refractivity contribution in [1.82, 2.24) is 10.3 Å². The monoisotopic (exact) mass is 435 g/mol. The van der Waals surface area contributed by atoms with E-state index < -0.39 is 0 Å². The van der Waals surface area contributed by atoms with Gasteiger partial charge in [-0.2, -0.15) is 0 Å². The third-order valence-corrected chi connectivity index (χ3v) is 6.24. The number of benzene rings is 2. The van der Waals surface area contributed by atoms with Crippen molar-refractivity contribution in [2.24, 2.45) is 5.92 Å². The van der Waals surface area contributed by atoms with Crippen molar-refractivity contribution in [2.45, 2.75) is 19.8 Å². The number of rotatable bonds is 7. The van der Waals surface area contributed by atoms with Gasteiger partial charge in [0.05, 0.1) is 23.7 Å². The summed E-state index contributed by atoms with van der Waals surface area (Å²) in [6.45, 7) is 2.94. The molecule has 7 heteroatoms. The second-order valence-corrected chi connectivity index (χ2v) is 8.66. The highest BCUT2D eigenvalue weighted by atomic mass is 32.1. The molecule has 2 amide bonds. The average molecular weight is 436 g/mol. The lowest BCUT2D eigenvalue weighted by molar-refractivity contribution is -0.126. The van der Waals surface area contributed by atoms with Gasteiger partial charge in [-0.1, -0.05) is 24.3 Å². The Morgan fingerprint density at radius 3 is 2.58 bits per heavy atom. The number of ether oxygens (including phenoxy) is 1. The molecule has 3 aromatic rings. The molecule has 2 aromatic carbocycles. The van der Waals surface area contributed by atoms with Crippen LogP contribution < -0.4 is 15.0 Å². The fourth-order valence-electron chi connectivity index (χ4n) is 3.71. The summed E-state index contributed by atoms with van der Waals surface area (Å²) in [5, 5.41) is 6.10. The van der Waals surface area contributed by atoms with Crippen LogP contribution in [-0.2, 0) is 16.0 Å². The third-order valence-electron chi connectivity index (χ3n) is 5.46. The zero-order chi connectivity index (χ0) is 21.8. The summed E-state index contributed by atoms with van der Waals surface area (Å²) in [7, 11) is 1.60. The number of hydrogen-bond acceptors (Lipinski definition) is 5. The van der Waals surface area contributed by atoms with Crippen molar-refractivity contribution in [2.75, 3.05) is 25.1 Å². The first kappa shape index (κ1) is 21.1. The molecule has 31 heavy (non-hydrogen) atoms. The minimum atomic E-state index is -0.329. The standard InChI is InChI=1S/C24H25N3O3S/c1-16-26-22(15-31-16)18-5-3-17(4-6-18)11-12-25-24(29)19-13-23(28)27(14-19)20-7-9-21(30-2)10-8-20/h3-10,15,19H,11-14H2,1-2H3,(H,25,29). The first-order valence-electron chi connectivity index (χ1n) is 10.3. The molecule has 1 aromatic heterocycles. The number of nitrogens with one attached hydrogen (secondary N) is 1. The molecule has 0 bridgehead atoms. The van der Waals surface area contributed by atoms with Crippen molar-refractivity contribution < 1.29 is 14.3 Å². The summed E-state index contributed by atoms with van der Waals surface area (Å²) in [6.07, 6.45) is 0.977. The highest BCUT2D eigenvalue weighted by Gasteiger charge is 2.34. The van der Waals surface area contributed by atoms with E-state index >= 15 is 0 Å². The lowest BCUT2D eigenvalue weighted by Crippen LogP contribution is -2.34. The Labute approximate surface area is 185 Å². The minimum absolute atomic E-state index is 0.0295. The molecular formula is C24H25N3O3S. The van der Waals surface area contributed by atoms with Crippen molar-refractivity contribution in [1.29, 1.82) is 0 Å². The number of nitrogens with zero attached hydrogens (tertiary/aromatic N) is 2. The summed E-state index contributed by atoms with van der Waals surface area (Å²) in [5.41, 5.74) is 4.03. The highest BCUT2D eigenvalue weighted by Crippen LogP contribution is 2.27. The number of anilines is 1. The molecule has 1 atom stereocenters. The maximum atomic E-state index is 12.6. The second-order valence-electron chi connectivity index (χ2n) is 7.59. The molecule has 1 N–H and O–H groups in total. The number of thiazole rings is 1. The molecule has 2 heterocycles. The van der Waals surface area contributed by atoms with Gasteiger partial charge >= 0.3 is 0 Å². The predicted molar refractivity (Wildman–Crippen MR) is 122 cm³/mol. The van der Waals surface area contributed by atoms with Crippen molar-refractivity contribution in [3.63, 3.8) is 0 Å². The quantitative estimate of drug-likeness (QED) is 0.612. The van der Waals surface area contributed by atoms with Crippen LogP contribution in [0.25, 0.3) is 11.3 Å². The number of carbonyl (C=O) groups is 2. The Kier molecular flexibility index (Phi) is 6.32. The smallest absolute Gasteiger partial charge is 0.227 e. The van der Waals surface area contributed by atoms with Crippen LogP contribution >= 0.6 is 11.3 Å². The SMILES string of the molecule is COc1ccc(N2CC(C(=O)NCCc3ccc(-c4csc(C)n4)cc3)CC2=O)cc1. The maximum Gasteiger partial charge on any atom is 0.227 e. The Balaban J connectivity index is 1.27.